The van der Waals surface area contributed by atoms with Gasteiger partial charge in [-0.2, -0.15) is 5.10 Å². The zero-order valence-corrected chi connectivity index (χ0v) is 14.0. The van der Waals surface area contributed by atoms with E-state index in [4.69, 9.17) is 9.26 Å². The Morgan fingerprint density at radius 1 is 1.40 bits per heavy atom. The van der Waals surface area contributed by atoms with Crippen molar-refractivity contribution < 1.29 is 14.1 Å². The van der Waals surface area contributed by atoms with Crippen molar-refractivity contribution >= 4 is 5.91 Å². The number of nitrogens with zero attached hydrogens (tertiary/aromatic N) is 2. The van der Waals surface area contributed by atoms with Gasteiger partial charge in [-0.15, -0.1) is 0 Å². The van der Waals surface area contributed by atoms with Crippen LogP contribution < -0.4 is 10.1 Å². The Morgan fingerprint density at radius 3 is 3.00 bits per heavy atom. The van der Waals surface area contributed by atoms with Gasteiger partial charge in [0.15, 0.2) is 0 Å². The number of carbonyl (C=O) groups is 1. The normalized spacial score (nSPS) is 15.7. The van der Waals surface area contributed by atoms with E-state index < -0.39 is 0 Å². The van der Waals surface area contributed by atoms with Crippen molar-refractivity contribution in [3.05, 3.63) is 53.0 Å². The molecule has 1 atom stereocenters. The van der Waals surface area contributed by atoms with Crippen LogP contribution in [0.1, 0.15) is 40.3 Å². The Morgan fingerprint density at radius 2 is 2.28 bits per heavy atom. The highest BCUT2D eigenvalue weighted by atomic mass is 16.5. The summed E-state index contributed by atoms with van der Waals surface area (Å²) in [6.45, 7) is 4.24. The van der Waals surface area contributed by atoms with Gasteiger partial charge in [-0.05, 0) is 13.0 Å². The molecule has 7 heteroatoms. The lowest BCUT2D eigenvalue weighted by molar-refractivity contribution is 0.0930. The van der Waals surface area contributed by atoms with Crippen LogP contribution in [0.25, 0.3) is 11.3 Å². The van der Waals surface area contributed by atoms with Crippen molar-refractivity contribution in [1.29, 1.82) is 0 Å². The lowest BCUT2D eigenvalue weighted by atomic mass is 10.0. The van der Waals surface area contributed by atoms with Crippen molar-refractivity contribution in [2.45, 2.75) is 26.3 Å². The molecular weight excluding hydrogens is 320 g/mol. The second kappa shape index (κ2) is 6.08. The summed E-state index contributed by atoms with van der Waals surface area (Å²) >= 11 is 0. The summed E-state index contributed by atoms with van der Waals surface area (Å²) in [6.07, 6.45) is 2.33. The van der Waals surface area contributed by atoms with Gasteiger partial charge in [0.25, 0.3) is 5.91 Å². The van der Waals surface area contributed by atoms with Crippen molar-refractivity contribution in [3.63, 3.8) is 0 Å². The van der Waals surface area contributed by atoms with E-state index in [9.17, 15) is 4.79 Å². The molecule has 1 aliphatic heterocycles. The van der Waals surface area contributed by atoms with E-state index in [0.717, 1.165) is 40.4 Å². The summed E-state index contributed by atoms with van der Waals surface area (Å²) in [4.78, 5) is 12.4. The van der Waals surface area contributed by atoms with Crippen LogP contribution >= 0.6 is 0 Å². The molecule has 0 fully saturated rings. The van der Waals surface area contributed by atoms with Crippen LogP contribution in [0.4, 0.5) is 0 Å². The smallest absolute Gasteiger partial charge is 0.255 e. The highest BCUT2D eigenvalue weighted by Gasteiger charge is 2.27. The van der Waals surface area contributed by atoms with Gasteiger partial charge in [-0.3, -0.25) is 9.89 Å². The van der Waals surface area contributed by atoms with Crippen LogP contribution in [-0.4, -0.2) is 27.9 Å². The molecule has 0 aliphatic carbocycles. The number of benzene rings is 1. The Bertz CT molecular complexity index is 928. The first-order valence-electron chi connectivity index (χ1n) is 8.19. The van der Waals surface area contributed by atoms with E-state index in [1.54, 1.807) is 0 Å². The minimum absolute atomic E-state index is 0.166. The third-order valence-electron chi connectivity index (χ3n) is 4.38. The zero-order chi connectivity index (χ0) is 17.4. The molecule has 4 rings (SSSR count). The Labute approximate surface area is 144 Å². The first-order valence-corrected chi connectivity index (χ1v) is 8.19. The van der Waals surface area contributed by atoms with Crippen LogP contribution in [0.2, 0.25) is 0 Å². The lowest BCUT2D eigenvalue weighted by Crippen LogP contribution is -2.29. The monoisotopic (exact) mass is 338 g/mol. The Hall–Kier alpha value is -3.09. The number of carbonyl (C=O) groups excluding carboxylic acids is 1. The van der Waals surface area contributed by atoms with Gasteiger partial charge >= 0.3 is 0 Å². The molecule has 0 saturated carbocycles. The first kappa shape index (κ1) is 15.4. The number of aromatic amines is 1. The maximum atomic E-state index is 12.4. The molecule has 1 aliphatic rings. The van der Waals surface area contributed by atoms with Crippen LogP contribution in [-0.2, 0) is 6.42 Å². The van der Waals surface area contributed by atoms with Crippen molar-refractivity contribution in [2.24, 2.45) is 0 Å². The van der Waals surface area contributed by atoms with E-state index in [1.807, 2.05) is 38.1 Å². The number of amides is 1. The topological polar surface area (TPSA) is 93.0 Å². The summed E-state index contributed by atoms with van der Waals surface area (Å²) in [6, 6.07) is 7.60. The second-order valence-corrected chi connectivity index (χ2v) is 6.03. The number of aromatic nitrogens is 3. The molecule has 2 N–H and O–H groups in total. The fourth-order valence-corrected chi connectivity index (χ4v) is 2.92. The molecule has 0 spiro atoms. The second-order valence-electron chi connectivity index (χ2n) is 6.03. The molecule has 25 heavy (non-hydrogen) atoms. The predicted octanol–water partition coefficient (Wildman–Crippen LogP) is 2.80. The van der Waals surface area contributed by atoms with Gasteiger partial charge in [0, 0.05) is 29.3 Å². The van der Waals surface area contributed by atoms with Gasteiger partial charge < -0.3 is 14.6 Å². The van der Waals surface area contributed by atoms with E-state index in [0.29, 0.717) is 12.2 Å². The fourth-order valence-electron chi connectivity index (χ4n) is 2.92. The summed E-state index contributed by atoms with van der Waals surface area (Å²) < 4.78 is 11.0. The highest BCUT2D eigenvalue weighted by Crippen LogP contribution is 2.36. The molecule has 3 heterocycles. The number of aryl methyl sites for hydroxylation is 2. The van der Waals surface area contributed by atoms with Crippen LogP contribution in [0, 0.1) is 6.92 Å². The SMILES string of the molecule is CCc1cc(-c2ccc3c(c2)OCC3NC(=O)c2cn[nH]c2C)no1. The number of hydrogen-bond acceptors (Lipinski definition) is 5. The van der Waals surface area contributed by atoms with E-state index in [2.05, 4.69) is 20.7 Å². The number of H-pyrrole nitrogens is 1. The average molecular weight is 338 g/mol. The molecule has 7 nitrogen and oxygen atoms in total. The van der Waals surface area contributed by atoms with Crippen molar-refractivity contribution in [2.75, 3.05) is 6.61 Å². The zero-order valence-electron chi connectivity index (χ0n) is 14.0. The third kappa shape index (κ3) is 2.77. The number of rotatable bonds is 4. The molecular formula is C18H18N4O3. The van der Waals surface area contributed by atoms with Gasteiger partial charge in [0.1, 0.15) is 23.8 Å². The number of nitrogens with one attached hydrogen (secondary N) is 2. The van der Waals surface area contributed by atoms with Crippen molar-refractivity contribution in [3.8, 4) is 17.0 Å². The largest absolute Gasteiger partial charge is 0.491 e. The molecule has 0 radical (unpaired) electrons. The molecule has 128 valence electrons. The number of fused-ring (bicyclic) bond motifs is 1. The Kier molecular flexibility index (Phi) is 3.76. The van der Waals surface area contributed by atoms with Crippen LogP contribution in [0.5, 0.6) is 5.75 Å². The molecule has 2 aromatic heterocycles. The lowest BCUT2D eigenvalue weighted by Gasteiger charge is -2.11. The molecule has 1 unspecified atom stereocenters. The maximum Gasteiger partial charge on any atom is 0.255 e. The molecule has 0 saturated heterocycles. The molecule has 1 amide bonds. The highest BCUT2D eigenvalue weighted by molar-refractivity contribution is 5.95. The van der Waals surface area contributed by atoms with Crippen LogP contribution in [0.3, 0.4) is 0 Å². The van der Waals surface area contributed by atoms with E-state index >= 15 is 0 Å². The number of hydrogen-bond donors (Lipinski definition) is 2. The summed E-state index contributed by atoms with van der Waals surface area (Å²) in [5.41, 5.74) is 3.95. The minimum Gasteiger partial charge on any atom is -0.491 e. The summed E-state index contributed by atoms with van der Waals surface area (Å²) in [7, 11) is 0. The van der Waals surface area contributed by atoms with E-state index in [-0.39, 0.29) is 11.9 Å². The van der Waals surface area contributed by atoms with Crippen LogP contribution in [0.15, 0.2) is 35.0 Å². The van der Waals surface area contributed by atoms with Gasteiger partial charge in [-0.1, -0.05) is 24.2 Å². The standard InChI is InChI=1S/C18H18N4O3/c1-3-12-7-15(22-25-12)11-4-5-13-16(9-24-17(13)6-11)20-18(23)14-8-19-21-10(14)2/h4-8,16H,3,9H2,1-2H3,(H,19,21)(H,20,23). The minimum atomic E-state index is -0.186. The van der Waals surface area contributed by atoms with Gasteiger partial charge in [0.2, 0.25) is 0 Å². The summed E-state index contributed by atoms with van der Waals surface area (Å²) in [5.74, 6) is 1.44. The number of ether oxygens (including phenoxy) is 1. The van der Waals surface area contributed by atoms with E-state index in [1.165, 1.54) is 6.20 Å². The average Bonchev–Trinajstić information content (AvgIpc) is 3.34. The van der Waals surface area contributed by atoms with Crippen molar-refractivity contribution in [1.82, 2.24) is 20.7 Å². The third-order valence-corrected chi connectivity index (χ3v) is 4.38. The predicted molar refractivity (Wildman–Crippen MR) is 90.3 cm³/mol. The fraction of sp³-hybridized carbons (Fsp3) is 0.278. The molecule has 3 aromatic rings. The van der Waals surface area contributed by atoms with Gasteiger partial charge in [-0.25, -0.2) is 0 Å². The summed E-state index contributed by atoms with van der Waals surface area (Å²) in [5, 5.41) is 13.7. The molecule has 0 bridgehead atoms. The Balaban J connectivity index is 1.55. The molecule has 1 aromatic carbocycles. The quantitative estimate of drug-likeness (QED) is 0.763. The maximum absolute atomic E-state index is 12.4. The van der Waals surface area contributed by atoms with Gasteiger partial charge in [0.05, 0.1) is 17.8 Å². The first-order chi connectivity index (χ1) is 12.2.